The maximum Gasteiger partial charge on any atom is 0.410 e. The van der Waals surface area contributed by atoms with E-state index in [1.807, 2.05) is 5.32 Å². The fraction of sp³-hybridized carbons (Fsp3) is 0. The molecule has 12 heavy (non-hydrogen) atoms. The van der Waals surface area contributed by atoms with Crippen molar-refractivity contribution in [1.82, 2.24) is 10.2 Å². The first kappa shape index (κ1) is 8.12. The van der Waals surface area contributed by atoms with Crippen LogP contribution in [-0.4, -0.2) is 27.7 Å². The Bertz CT molecular complexity index is 313. The number of carbonyl (C=O) groups is 2. The lowest BCUT2D eigenvalue weighted by Gasteiger charge is -1.96. The van der Waals surface area contributed by atoms with Gasteiger partial charge in [0.25, 0.3) is 0 Å². The second-order valence-corrected chi connectivity index (χ2v) is 1.92. The maximum absolute atomic E-state index is 10.2. The molecular formula is C6H5N3O3. The Balaban J connectivity index is 2.86. The molecule has 0 aliphatic rings. The first-order chi connectivity index (χ1) is 5.72. The zero-order valence-corrected chi connectivity index (χ0v) is 5.89. The zero-order chi connectivity index (χ0) is 8.97. The molecule has 2 N–H and O–H groups in total. The highest BCUT2D eigenvalue weighted by atomic mass is 16.4. The highest BCUT2D eigenvalue weighted by Gasteiger charge is 2.00. The summed E-state index contributed by atoms with van der Waals surface area (Å²) >= 11 is 0. The fourth-order valence-corrected chi connectivity index (χ4v) is 0.617. The summed E-state index contributed by atoms with van der Waals surface area (Å²) in [5.74, 6) is 0.0344. The van der Waals surface area contributed by atoms with Crippen molar-refractivity contribution in [2.75, 3.05) is 5.32 Å². The van der Waals surface area contributed by atoms with E-state index in [9.17, 15) is 9.59 Å². The van der Waals surface area contributed by atoms with Crippen molar-refractivity contribution in [2.24, 2.45) is 0 Å². The van der Waals surface area contributed by atoms with Crippen molar-refractivity contribution in [3.63, 3.8) is 0 Å². The van der Waals surface area contributed by atoms with Gasteiger partial charge in [-0.2, -0.15) is 5.10 Å². The Morgan fingerprint density at radius 1 is 1.67 bits per heavy atom. The second-order valence-electron chi connectivity index (χ2n) is 1.92. The molecule has 0 bridgehead atoms. The van der Waals surface area contributed by atoms with Crippen LogP contribution in [0.4, 0.5) is 10.6 Å². The number of aromatic nitrogens is 2. The Morgan fingerprint density at radius 3 is 3.00 bits per heavy atom. The summed E-state index contributed by atoms with van der Waals surface area (Å²) in [7, 11) is 0. The smallest absolute Gasteiger partial charge is 0.410 e. The standard InChI is InChI=1S/C6H5N3O3/c10-3-4-1-5(8-6(11)12)9-7-2-4/h1-3H,(H,8,9)(H,11,12). The maximum atomic E-state index is 10.2. The SMILES string of the molecule is O=Cc1cnnc(NC(=O)O)c1. The van der Waals surface area contributed by atoms with Gasteiger partial charge in [-0.3, -0.25) is 10.1 Å². The summed E-state index contributed by atoms with van der Waals surface area (Å²) in [4.78, 5) is 20.3. The quantitative estimate of drug-likeness (QED) is 0.621. The molecule has 0 saturated heterocycles. The summed E-state index contributed by atoms with van der Waals surface area (Å²) in [6, 6.07) is 1.29. The van der Waals surface area contributed by atoms with Crippen molar-refractivity contribution in [2.45, 2.75) is 0 Å². The molecule has 1 aromatic rings. The van der Waals surface area contributed by atoms with E-state index in [1.54, 1.807) is 0 Å². The fourth-order valence-electron chi connectivity index (χ4n) is 0.617. The van der Waals surface area contributed by atoms with Gasteiger partial charge in [0, 0.05) is 5.56 Å². The Kier molecular flexibility index (Phi) is 2.32. The molecule has 6 heteroatoms. The molecule has 6 nitrogen and oxygen atoms in total. The highest BCUT2D eigenvalue weighted by molar-refractivity contribution is 5.83. The lowest BCUT2D eigenvalue weighted by molar-refractivity contribution is 0.112. The third-order valence-corrected chi connectivity index (χ3v) is 1.05. The minimum atomic E-state index is -1.24. The first-order valence-electron chi connectivity index (χ1n) is 3.00. The molecule has 0 aliphatic carbocycles. The number of carboxylic acid groups (broad SMARTS) is 1. The average molecular weight is 167 g/mol. The van der Waals surface area contributed by atoms with Crippen LogP contribution in [0.2, 0.25) is 0 Å². The van der Waals surface area contributed by atoms with Gasteiger partial charge < -0.3 is 5.11 Å². The molecule has 0 aromatic carbocycles. The van der Waals surface area contributed by atoms with Crippen LogP contribution in [-0.2, 0) is 0 Å². The van der Waals surface area contributed by atoms with Crippen molar-refractivity contribution < 1.29 is 14.7 Å². The molecule has 0 saturated carbocycles. The van der Waals surface area contributed by atoms with E-state index in [0.29, 0.717) is 6.29 Å². The van der Waals surface area contributed by atoms with Crippen LogP contribution in [0.25, 0.3) is 0 Å². The van der Waals surface area contributed by atoms with Crippen LogP contribution < -0.4 is 5.32 Å². The molecule has 1 amide bonds. The van der Waals surface area contributed by atoms with Crippen LogP contribution in [0.3, 0.4) is 0 Å². The van der Waals surface area contributed by atoms with Gasteiger partial charge in [0.2, 0.25) is 0 Å². The number of rotatable bonds is 2. The van der Waals surface area contributed by atoms with Gasteiger partial charge >= 0.3 is 6.09 Å². The largest absolute Gasteiger partial charge is 0.465 e. The van der Waals surface area contributed by atoms with Crippen LogP contribution in [0, 0.1) is 0 Å². The topological polar surface area (TPSA) is 92.2 Å². The minimum Gasteiger partial charge on any atom is -0.465 e. The monoisotopic (exact) mass is 167 g/mol. The number of hydrogen-bond acceptors (Lipinski definition) is 4. The number of aldehydes is 1. The molecule has 0 fully saturated rings. The van der Waals surface area contributed by atoms with Gasteiger partial charge in [-0.25, -0.2) is 4.79 Å². The second kappa shape index (κ2) is 3.42. The molecule has 0 unspecified atom stereocenters. The van der Waals surface area contributed by atoms with Crippen molar-refractivity contribution in [3.05, 3.63) is 17.8 Å². The predicted molar refractivity (Wildman–Crippen MR) is 39.1 cm³/mol. The molecule has 62 valence electrons. The van der Waals surface area contributed by atoms with Crippen molar-refractivity contribution >= 4 is 18.2 Å². The van der Waals surface area contributed by atoms with E-state index in [2.05, 4.69) is 10.2 Å². The van der Waals surface area contributed by atoms with Crippen LogP contribution in [0.15, 0.2) is 12.3 Å². The van der Waals surface area contributed by atoms with Crippen molar-refractivity contribution in [1.29, 1.82) is 0 Å². The number of hydrogen-bond donors (Lipinski definition) is 2. The third kappa shape index (κ3) is 2.01. The van der Waals surface area contributed by atoms with E-state index < -0.39 is 6.09 Å². The van der Waals surface area contributed by atoms with E-state index in [0.717, 1.165) is 0 Å². The van der Waals surface area contributed by atoms with E-state index >= 15 is 0 Å². The summed E-state index contributed by atoms with van der Waals surface area (Å²) in [6.45, 7) is 0. The van der Waals surface area contributed by atoms with Gasteiger partial charge in [0.15, 0.2) is 12.1 Å². The van der Waals surface area contributed by atoms with E-state index in [4.69, 9.17) is 5.11 Å². The highest BCUT2D eigenvalue weighted by Crippen LogP contribution is 2.01. The molecule has 0 spiro atoms. The van der Waals surface area contributed by atoms with Crippen LogP contribution in [0.5, 0.6) is 0 Å². The summed E-state index contributed by atoms with van der Waals surface area (Å²) in [5.41, 5.74) is 0.272. The zero-order valence-electron chi connectivity index (χ0n) is 5.89. The lowest BCUT2D eigenvalue weighted by Crippen LogP contribution is -2.09. The van der Waals surface area contributed by atoms with Gasteiger partial charge in [-0.15, -0.1) is 5.10 Å². The molecule has 0 atom stereocenters. The minimum absolute atomic E-state index is 0.0344. The molecular weight excluding hydrogens is 162 g/mol. The summed E-state index contributed by atoms with van der Waals surface area (Å²) < 4.78 is 0. The Hall–Kier alpha value is -1.98. The normalized spacial score (nSPS) is 9.00. The predicted octanol–water partition coefficient (Wildman–Crippen LogP) is 0.379. The first-order valence-corrected chi connectivity index (χ1v) is 3.00. The van der Waals surface area contributed by atoms with Crippen LogP contribution in [0.1, 0.15) is 10.4 Å². The van der Waals surface area contributed by atoms with Gasteiger partial charge in [-0.05, 0) is 6.07 Å². The summed E-state index contributed by atoms with van der Waals surface area (Å²) in [5, 5.41) is 17.1. The van der Waals surface area contributed by atoms with Gasteiger partial charge in [-0.1, -0.05) is 0 Å². The number of anilines is 1. The molecule has 1 heterocycles. The van der Waals surface area contributed by atoms with Gasteiger partial charge in [0.1, 0.15) is 0 Å². The number of nitrogens with zero attached hydrogens (tertiary/aromatic N) is 2. The third-order valence-electron chi connectivity index (χ3n) is 1.05. The Morgan fingerprint density at radius 2 is 2.42 bits per heavy atom. The Labute approximate surface area is 67.2 Å². The molecule has 1 aromatic heterocycles. The van der Waals surface area contributed by atoms with Gasteiger partial charge in [0.05, 0.1) is 6.20 Å². The number of carbonyl (C=O) groups excluding carboxylic acids is 1. The molecule has 0 radical (unpaired) electrons. The number of nitrogens with one attached hydrogen (secondary N) is 1. The van der Waals surface area contributed by atoms with Crippen LogP contribution >= 0.6 is 0 Å². The van der Waals surface area contributed by atoms with Crippen molar-refractivity contribution in [3.8, 4) is 0 Å². The summed E-state index contributed by atoms with van der Waals surface area (Å²) in [6.07, 6.45) is 0.550. The number of amides is 1. The average Bonchev–Trinajstić information content (AvgIpc) is 2.03. The van der Waals surface area contributed by atoms with E-state index in [1.165, 1.54) is 12.3 Å². The molecule has 0 aliphatic heterocycles. The lowest BCUT2D eigenvalue weighted by atomic mass is 10.3. The van der Waals surface area contributed by atoms with E-state index in [-0.39, 0.29) is 11.4 Å². The molecule has 1 rings (SSSR count).